The van der Waals surface area contributed by atoms with Crippen molar-refractivity contribution in [3.63, 3.8) is 0 Å². The number of benzene rings is 1. The molecule has 1 amide bonds. The maximum absolute atomic E-state index is 12.7. The molecule has 0 unspecified atom stereocenters. The summed E-state index contributed by atoms with van der Waals surface area (Å²) in [7, 11) is 0. The first-order valence-electron chi connectivity index (χ1n) is 5.95. The maximum Gasteiger partial charge on any atom is 0.279 e. The maximum atomic E-state index is 12.7. The van der Waals surface area contributed by atoms with Gasteiger partial charge in [0.25, 0.3) is 5.91 Å². The van der Waals surface area contributed by atoms with Crippen LogP contribution in [0.5, 0.6) is 0 Å². The van der Waals surface area contributed by atoms with Crippen LogP contribution in [0.2, 0.25) is 0 Å². The van der Waals surface area contributed by atoms with Crippen LogP contribution in [0.1, 0.15) is 0 Å². The van der Waals surface area contributed by atoms with E-state index in [4.69, 9.17) is 0 Å². The van der Waals surface area contributed by atoms with Gasteiger partial charge in [0.1, 0.15) is 32.0 Å². The quantitative estimate of drug-likeness (QED) is 0.574. The molecular formula is C12H18FN3O+2. The van der Waals surface area contributed by atoms with Gasteiger partial charge in [0.2, 0.25) is 0 Å². The van der Waals surface area contributed by atoms with E-state index < -0.39 is 0 Å². The number of hydrogen-bond acceptors (Lipinski definition) is 1. The van der Waals surface area contributed by atoms with Gasteiger partial charge in [0, 0.05) is 5.69 Å². The summed E-state index contributed by atoms with van der Waals surface area (Å²) < 4.78 is 12.7. The van der Waals surface area contributed by atoms with Crippen LogP contribution in [-0.4, -0.2) is 38.6 Å². The molecule has 2 rings (SSSR count). The zero-order chi connectivity index (χ0) is 12.1. The first-order chi connectivity index (χ1) is 8.24. The van der Waals surface area contributed by atoms with Crippen molar-refractivity contribution in [2.24, 2.45) is 0 Å². The smallest absolute Gasteiger partial charge is 0.279 e. The van der Waals surface area contributed by atoms with Gasteiger partial charge in [-0.15, -0.1) is 0 Å². The van der Waals surface area contributed by atoms with Gasteiger partial charge in [0.05, 0.1) is 0 Å². The minimum atomic E-state index is -0.291. The fourth-order valence-corrected chi connectivity index (χ4v) is 2.02. The first kappa shape index (κ1) is 12.0. The van der Waals surface area contributed by atoms with Crippen LogP contribution in [0, 0.1) is 5.82 Å². The second-order valence-electron chi connectivity index (χ2n) is 4.35. The molecule has 5 heteroatoms. The fraction of sp³-hybridized carbons (Fsp3) is 0.417. The van der Waals surface area contributed by atoms with Crippen LogP contribution in [0.3, 0.4) is 0 Å². The average Bonchev–Trinajstić information content (AvgIpc) is 2.33. The van der Waals surface area contributed by atoms with Crippen molar-refractivity contribution in [1.82, 2.24) is 0 Å². The predicted molar refractivity (Wildman–Crippen MR) is 62.3 cm³/mol. The number of nitrogens with two attached hydrogens (primary N) is 1. The highest BCUT2D eigenvalue weighted by Gasteiger charge is 2.18. The van der Waals surface area contributed by atoms with E-state index in [1.165, 1.54) is 17.0 Å². The standard InChI is InChI=1S/C12H16FN3O/c13-10-1-3-11(4-2-10)15-12(17)9-16-7-5-14-6-8-16/h1-4,14H,5-9H2,(H,15,17)/p+2. The minimum absolute atomic E-state index is 0.00601. The van der Waals surface area contributed by atoms with Gasteiger partial charge in [-0.3, -0.25) is 4.79 Å². The fourth-order valence-electron chi connectivity index (χ4n) is 2.02. The summed E-state index contributed by atoms with van der Waals surface area (Å²) >= 11 is 0. The number of hydrogen-bond donors (Lipinski definition) is 3. The Morgan fingerprint density at radius 3 is 2.59 bits per heavy atom. The van der Waals surface area contributed by atoms with Gasteiger partial charge in [-0.25, -0.2) is 4.39 Å². The van der Waals surface area contributed by atoms with Crippen molar-refractivity contribution in [3.8, 4) is 0 Å². The summed E-state index contributed by atoms with van der Waals surface area (Å²) in [5.41, 5.74) is 0.652. The monoisotopic (exact) mass is 239 g/mol. The Hall–Kier alpha value is -1.46. The minimum Gasteiger partial charge on any atom is -0.337 e. The summed E-state index contributed by atoms with van der Waals surface area (Å²) in [5.74, 6) is -0.298. The van der Waals surface area contributed by atoms with Crippen LogP contribution in [-0.2, 0) is 4.79 Å². The van der Waals surface area contributed by atoms with Crippen molar-refractivity contribution in [2.45, 2.75) is 0 Å². The molecule has 1 saturated heterocycles. The Balaban J connectivity index is 1.82. The number of quaternary nitrogens is 2. The molecule has 0 radical (unpaired) electrons. The molecular weight excluding hydrogens is 221 g/mol. The molecule has 1 aromatic rings. The van der Waals surface area contributed by atoms with Gasteiger partial charge >= 0.3 is 0 Å². The lowest BCUT2D eigenvalue weighted by molar-refractivity contribution is -0.940. The summed E-state index contributed by atoms with van der Waals surface area (Å²) in [6.45, 7) is 4.71. The summed E-state index contributed by atoms with van der Waals surface area (Å²) in [4.78, 5) is 13.0. The molecule has 1 aliphatic heterocycles. The van der Waals surface area contributed by atoms with E-state index in [-0.39, 0.29) is 11.7 Å². The Bertz CT molecular complexity index is 374. The van der Waals surface area contributed by atoms with E-state index in [0.717, 1.165) is 26.2 Å². The van der Waals surface area contributed by atoms with Crippen LogP contribution < -0.4 is 15.5 Å². The molecule has 1 aromatic carbocycles. The highest BCUT2D eigenvalue weighted by molar-refractivity contribution is 5.91. The first-order valence-corrected chi connectivity index (χ1v) is 5.95. The molecule has 1 aliphatic rings. The van der Waals surface area contributed by atoms with Crippen LogP contribution in [0.4, 0.5) is 10.1 Å². The number of carbonyl (C=O) groups is 1. The molecule has 92 valence electrons. The van der Waals surface area contributed by atoms with Crippen molar-refractivity contribution in [2.75, 3.05) is 38.0 Å². The zero-order valence-corrected chi connectivity index (χ0v) is 9.71. The summed E-state index contributed by atoms with van der Waals surface area (Å²) in [5, 5.41) is 5.05. The number of nitrogens with one attached hydrogen (secondary N) is 2. The van der Waals surface area contributed by atoms with Gasteiger partial charge in [-0.05, 0) is 24.3 Å². The third-order valence-electron chi connectivity index (χ3n) is 2.94. The molecule has 0 aromatic heterocycles. The number of rotatable bonds is 3. The van der Waals surface area contributed by atoms with E-state index >= 15 is 0 Å². The molecule has 1 fully saturated rings. The van der Waals surface area contributed by atoms with Crippen molar-refractivity contribution >= 4 is 11.6 Å². The number of anilines is 1. The topological polar surface area (TPSA) is 50.2 Å². The van der Waals surface area contributed by atoms with Crippen LogP contribution >= 0.6 is 0 Å². The van der Waals surface area contributed by atoms with Gasteiger partial charge in [-0.1, -0.05) is 0 Å². The Morgan fingerprint density at radius 1 is 1.29 bits per heavy atom. The number of halogens is 1. The van der Waals surface area contributed by atoms with E-state index in [1.807, 2.05) is 0 Å². The second kappa shape index (κ2) is 5.75. The third kappa shape index (κ3) is 3.80. The lowest BCUT2D eigenvalue weighted by Gasteiger charge is -2.21. The number of carbonyl (C=O) groups excluding carboxylic acids is 1. The Kier molecular flexibility index (Phi) is 4.06. The van der Waals surface area contributed by atoms with Gasteiger partial charge < -0.3 is 15.5 Å². The van der Waals surface area contributed by atoms with Crippen molar-refractivity contribution in [3.05, 3.63) is 30.1 Å². The van der Waals surface area contributed by atoms with Crippen LogP contribution in [0.25, 0.3) is 0 Å². The molecule has 0 spiro atoms. The lowest BCUT2D eigenvalue weighted by atomic mass is 10.3. The van der Waals surface area contributed by atoms with Crippen molar-refractivity contribution in [1.29, 1.82) is 0 Å². The summed E-state index contributed by atoms with van der Waals surface area (Å²) in [6, 6.07) is 5.84. The SMILES string of the molecule is O=C(C[NH+]1CC[NH2+]CC1)Nc1ccc(F)cc1. The molecule has 1 heterocycles. The molecule has 0 bridgehead atoms. The lowest BCUT2D eigenvalue weighted by Crippen LogP contribution is -3.21. The normalized spacial score (nSPS) is 16.8. The van der Waals surface area contributed by atoms with Gasteiger partial charge in [0.15, 0.2) is 6.54 Å². The average molecular weight is 239 g/mol. The van der Waals surface area contributed by atoms with E-state index in [0.29, 0.717) is 12.2 Å². The molecule has 17 heavy (non-hydrogen) atoms. The van der Waals surface area contributed by atoms with Crippen LogP contribution in [0.15, 0.2) is 24.3 Å². The van der Waals surface area contributed by atoms with Crippen molar-refractivity contribution < 1.29 is 19.4 Å². The molecule has 4 N–H and O–H groups in total. The Labute approximate surface area is 99.8 Å². The van der Waals surface area contributed by atoms with E-state index in [9.17, 15) is 9.18 Å². The second-order valence-corrected chi connectivity index (χ2v) is 4.35. The third-order valence-corrected chi connectivity index (χ3v) is 2.94. The molecule has 0 atom stereocenters. The molecule has 4 nitrogen and oxygen atoms in total. The largest absolute Gasteiger partial charge is 0.337 e. The predicted octanol–water partition coefficient (Wildman–Crippen LogP) is -1.77. The van der Waals surface area contributed by atoms with E-state index in [2.05, 4.69) is 10.6 Å². The number of piperazine rings is 1. The number of amides is 1. The highest BCUT2D eigenvalue weighted by atomic mass is 19.1. The van der Waals surface area contributed by atoms with E-state index in [1.54, 1.807) is 12.1 Å². The molecule has 0 saturated carbocycles. The Morgan fingerprint density at radius 2 is 1.94 bits per heavy atom. The summed E-state index contributed by atoms with van der Waals surface area (Å²) in [6.07, 6.45) is 0. The zero-order valence-electron chi connectivity index (χ0n) is 9.71. The molecule has 0 aliphatic carbocycles. The highest BCUT2D eigenvalue weighted by Crippen LogP contribution is 2.07. The van der Waals surface area contributed by atoms with Gasteiger partial charge in [-0.2, -0.15) is 0 Å².